The van der Waals surface area contributed by atoms with E-state index in [0.29, 0.717) is 19.3 Å². The SMILES string of the molecule is O=C(CCCCN1CCC(F)CC1)c1ccc2c(c1)sc1nc(Br)cn12. The lowest BCUT2D eigenvalue weighted by Crippen LogP contribution is -2.35. The summed E-state index contributed by atoms with van der Waals surface area (Å²) < 4.78 is 17.1. The fourth-order valence-corrected chi connectivity index (χ4v) is 5.07. The van der Waals surface area contributed by atoms with Crippen molar-refractivity contribution in [2.45, 2.75) is 38.3 Å². The number of carbonyl (C=O) groups is 1. The van der Waals surface area contributed by atoms with Crippen LogP contribution in [0.3, 0.4) is 0 Å². The molecule has 2 aromatic heterocycles. The molecule has 3 heterocycles. The van der Waals surface area contributed by atoms with Gasteiger partial charge in [-0.05, 0) is 66.4 Å². The van der Waals surface area contributed by atoms with Gasteiger partial charge in [-0.25, -0.2) is 9.37 Å². The van der Waals surface area contributed by atoms with Gasteiger partial charge in [-0.15, -0.1) is 0 Å². The van der Waals surface area contributed by atoms with E-state index in [1.54, 1.807) is 11.3 Å². The van der Waals surface area contributed by atoms with Crippen molar-refractivity contribution in [3.05, 3.63) is 34.6 Å². The molecule has 1 aromatic carbocycles. The second-order valence-corrected chi connectivity index (χ2v) is 8.72. The van der Waals surface area contributed by atoms with Crippen molar-refractivity contribution in [2.24, 2.45) is 0 Å². The molecule has 0 radical (unpaired) electrons. The van der Waals surface area contributed by atoms with Crippen LogP contribution in [0.5, 0.6) is 0 Å². The monoisotopic (exact) mass is 437 g/mol. The number of nitrogens with zero attached hydrogens (tertiary/aromatic N) is 3. The van der Waals surface area contributed by atoms with E-state index >= 15 is 0 Å². The number of Topliss-reactive ketones (excluding diaryl/α,β-unsaturated/α-hetero) is 1. The van der Waals surface area contributed by atoms with Crippen molar-refractivity contribution in [2.75, 3.05) is 19.6 Å². The van der Waals surface area contributed by atoms with Crippen LogP contribution in [0.2, 0.25) is 0 Å². The molecule has 0 atom stereocenters. The van der Waals surface area contributed by atoms with Crippen LogP contribution < -0.4 is 0 Å². The number of fused-ring (bicyclic) bond motifs is 3. The van der Waals surface area contributed by atoms with Gasteiger partial charge < -0.3 is 4.90 Å². The number of carbonyl (C=O) groups excluding carboxylic acids is 1. The molecule has 0 spiro atoms. The molecule has 3 aromatic rings. The first-order chi connectivity index (χ1) is 12.6. The van der Waals surface area contributed by atoms with Gasteiger partial charge in [0.05, 0.1) is 10.2 Å². The summed E-state index contributed by atoms with van der Waals surface area (Å²) in [5.41, 5.74) is 1.86. The first kappa shape index (κ1) is 18.1. The largest absolute Gasteiger partial charge is 0.303 e. The number of halogens is 2. The summed E-state index contributed by atoms with van der Waals surface area (Å²) >= 11 is 4.99. The molecule has 0 aliphatic carbocycles. The van der Waals surface area contributed by atoms with Crippen LogP contribution >= 0.6 is 27.3 Å². The van der Waals surface area contributed by atoms with Gasteiger partial charge in [-0.3, -0.25) is 9.20 Å². The predicted octanol–water partition coefficient (Wildman–Crippen LogP) is 5.10. The molecule has 4 nitrogen and oxygen atoms in total. The van der Waals surface area contributed by atoms with Gasteiger partial charge in [-0.2, -0.15) is 0 Å². The minimum atomic E-state index is -0.621. The Kier molecular flexibility index (Phi) is 5.38. The normalized spacial score (nSPS) is 16.7. The van der Waals surface area contributed by atoms with Crippen LogP contribution in [0.15, 0.2) is 29.0 Å². The first-order valence-electron chi connectivity index (χ1n) is 9.07. The Morgan fingerprint density at radius 1 is 1.31 bits per heavy atom. The zero-order chi connectivity index (χ0) is 18.1. The van der Waals surface area contributed by atoms with Gasteiger partial charge in [0.25, 0.3) is 0 Å². The zero-order valence-corrected chi connectivity index (χ0v) is 16.9. The Bertz CT molecular complexity index is 930. The molecule has 26 heavy (non-hydrogen) atoms. The maximum atomic E-state index is 13.1. The highest BCUT2D eigenvalue weighted by Gasteiger charge is 2.18. The predicted molar refractivity (Wildman–Crippen MR) is 107 cm³/mol. The molecule has 0 amide bonds. The number of likely N-dealkylation sites (tertiary alicyclic amines) is 1. The lowest BCUT2D eigenvalue weighted by molar-refractivity contribution is 0.0976. The smallest absolute Gasteiger partial charge is 0.195 e. The molecule has 1 saturated heterocycles. The average molecular weight is 438 g/mol. The van der Waals surface area contributed by atoms with Crippen molar-refractivity contribution < 1.29 is 9.18 Å². The molecule has 0 unspecified atom stereocenters. The van der Waals surface area contributed by atoms with Gasteiger partial charge in [0.1, 0.15) is 10.8 Å². The van der Waals surface area contributed by atoms with Gasteiger partial charge in [0, 0.05) is 31.3 Å². The maximum absolute atomic E-state index is 13.1. The van der Waals surface area contributed by atoms with E-state index in [1.807, 2.05) is 28.8 Å². The van der Waals surface area contributed by atoms with E-state index in [4.69, 9.17) is 0 Å². The summed E-state index contributed by atoms with van der Waals surface area (Å²) in [5.74, 6) is 0.196. The second kappa shape index (κ2) is 7.74. The molecule has 1 aliphatic heterocycles. The fraction of sp³-hybridized carbons (Fsp3) is 0.474. The highest BCUT2D eigenvalue weighted by atomic mass is 79.9. The van der Waals surface area contributed by atoms with Gasteiger partial charge in [-0.1, -0.05) is 11.3 Å². The molecule has 0 N–H and O–H groups in total. The Morgan fingerprint density at radius 3 is 2.92 bits per heavy atom. The number of ketones is 1. The maximum Gasteiger partial charge on any atom is 0.195 e. The first-order valence-corrected chi connectivity index (χ1v) is 10.7. The van der Waals surface area contributed by atoms with Crippen molar-refractivity contribution >= 4 is 48.2 Å². The number of unbranched alkanes of at least 4 members (excludes halogenated alkanes) is 1. The third kappa shape index (κ3) is 3.85. The minimum Gasteiger partial charge on any atom is -0.303 e. The van der Waals surface area contributed by atoms with Gasteiger partial charge >= 0.3 is 0 Å². The summed E-state index contributed by atoms with van der Waals surface area (Å²) in [4.78, 5) is 20.2. The van der Waals surface area contributed by atoms with Crippen LogP contribution in [0, 0.1) is 0 Å². The number of alkyl halides is 1. The average Bonchev–Trinajstić information content (AvgIpc) is 3.15. The summed E-state index contributed by atoms with van der Waals surface area (Å²) in [6.07, 6.45) is 5.07. The molecular weight excluding hydrogens is 417 g/mol. The third-order valence-corrected chi connectivity index (χ3v) is 6.43. The highest BCUT2D eigenvalue weighted by Crippen LogP contribution is 2.29. The number of hydrogen-bond acceptors (Lipinski definition) is 4. The molecule has 138 valence electrons. The number of piperidine rings is 1. The molecule has 4 rings (SSSR count). The number of imidazole rings is 1. The third-order valence-electron chi connectivity index (χ3n) is 5.03. The Hall–Kier alpha value is -1.31. The number of hydrogen-bond donors (Lipinski definition) is 0. The van der Waals surface area contributed by atoms with E-state index in [9.17, 15) is 9.18 Å². The number of benzene rings is 1. The van der Waals surface area contributed by atoms with Crippen molar-refractivity contribution in [1.29, 1.82) is 0 Å². The quantitative estimate of drug-likeness (QED) is 0.397. The Morgan fingerprint density at radius 2 is 2.12 bits per heavy atom. The molecule has 7 heteroatoms. The zero-order valence-electron chi connectivity index (χ0n) is 14.5. The van der Waals surface area contributed by atoms with Crippen LogP contribution in [0.1, 0.15) is 42.5 Å². The highest BCUT2D eigenvalue weighted by molar-refractivity contribution is 9.10. The summed E-state index contributed by atoms with van der Waals surface area (Å²) in [7, 11) is 0. The number of rotatable bonds is 6. The number of aromatic nitrogens is 2. The van der Waals surface area contributed by atoms with E-state index in [1.165, 1.54) is 0 Å². The van der Waals surface area contributed by atoms with Crippen LogP contribution in [0.25, 0.3) is 15.2 Å². The van der Waals surface area contributed by atoms with Gasteiger partial charge in [0.2, 0.25) is 0 Å². The standard InChI is InChI=1S/C19H21BrFN3OS/c20-18-12-24-15-5-4-13(11-17(15)26-19(24)22-18)16(25)3-1-2-8-23-9-6-14(21)7-10-23/h4-5,11-12,14H,1-3,6-10H2. The van der Waals surface area contributed by atoms with Crippen LogP contribution in [-0.4, -0.2) is 45.9 Å². The van der Waals surface area contributed by atoms with Gasteiger partial charge in [0.15, 0.2) is 10.7 Å². The van der Waals surface area contributed by atoms with E-state index in [-0.39, 0.29) is 5.78 Å². The molecule has 1 aliphatic rings. The summed E-state index contributed by atoms with van der Waals surface area (Å²) in [6.45, 7) is 2.67. The van der Waals surface area contributed by atoms with E-state index in [0.717, 1.165) is 57.8 Å². The molecule has 0 saturated carbocycles. The van der Waals surface area contributed by atoms with E-state index in [2.05, 4.69) is 25.8 Å². The van der Waals surface area contributed by atoms with E-state index < -0.39 is 6.17 Å². The Balaban J connectivity index is 1.33. The fourth-order valence-electron chi connectivity index (χ4n) is 3.54. The summed E-state index contributed by atoms with van der Waals surface area (Å²) in [6, 6.07) is 5.90. The van der Waals surface area contributed by atoms with Crippen molar-refractivity contribution in [3.63, 3.8) is 0 Å². The topological polar surface area (TPSA) is 37.6 Å². The second-order valence-electron chi connectivity index (χ2n) is 6.90. The lowest BCUT2D eigenvalue weighted by Gasteiger charge is -2.28. The summed E-state index contributed by atoms with van der Waals surface area (Å²) in [5, 5.41) is 0. The molecule has 1 fully saturated rings. The minimum absolute atomic E-state index is 0.196. The van der Waals surface area contributed by atoms with Crippen LogP contribution in [-0.2, 0) is 0 Å². The molecular formula is C19H21BrFN3OS. The number of thiazole rings is 1. The van der Waals surface area contributed by atoms with Crippen LogP contribution in [0.4, 0.5) is 4.39 Å². The lowest BCUT2D eigenvalue weighted by atomic mass is 10.0. The Labute approximate surface area is 164 Å². The van der Waals surface area contributed by atoms with Crippen molar-refractivity contribution in [3.8, 4) is 0 Å². The van der Waals surface area contributed by atoms with Crippen molar-refractivity contribution in [1.82, 2.24) is 14.3 Å². The molecule has 0 bridgehead atoms.